The second-order valence-corrected chi connectivity index (χ2v) is 5.00. The van der Waals surface area contributed by atoms with Crippen LogP contribution in [0.1, 0.15) is 18.7 Å². The van der Waals surface area contributed by atoms with E-state index in [9.17, 15) is 10.1 Å². The minimum absolute atomic E-state index is 0.0961. The number of nitrogens with one attached hydrogen (secondary N) is 2. The summed E-state index contributed by atoms with van der Waals surface area (Å²) < 4.78 is 0. The quantitative estimate of drug-likeness (QED) is 0.624. The third-order valence-corrected chi connectivity index (χ3v) is 3.39. The van der Waals surface area contributed by atoms with Crippen molar-refractivity contribution in [2.45, 2.75) is 25.3 Å². The molecule has 0 atom stereocenters. The van der Waals surface area contributed by atoms with Gasteiger partial charge >= 0.3 is 0 Å². The first-order valence-corrected chi connectivity index (χ1v) is 6.75. The van der Waals surface area contributed by atoms with Gasteiger partial charge in [0, 0.05) is 25.1 Å². The summed E-state index contributed by atoms with van der Waals surface area (Å²) in [6, 6.07) is 7.37. The zero-order chi connectivity index (χ0) is 13.9. The van der Waals surface area contributed by atoms with Crippen LogP contribution in [0, 0.1) is 10.1 Å². The molecule has 1 aliphatic carbocycles. The van der Waals surface area contributed by atoms with Gasteiger partial charge in [0.15, 0.2) is 0 Å². The van der Waals surface area contributed by atoms with E-state index in [1.54, 1.807) is 24.4 Å². The summed E-state index contributed by atoms with van der Waals surface area (Å²) >= 11 is 0. The standard InChI is InChI=1S/C14H16N4O2/c19-18(20)13-4-2-1-3-11(13)12-9-16-14(17-12)7-8-15-10-5-6-10/h1-4,9-10,15H,5-8H2,(H,16,17). The normalized spacial score (nSPS) is 14.4. The Labute approximate surface area is 116 Å². The molecule has 1 saturated carbocycles. The van der Waals surface area contributed by atoms with Crippen molar-refractivity contribution in [3.05, 3.63) is 46.4 Å². The second-order valence-electron chi connectivity index (χ2n) is 5.00. The molecule has 6 heteroatoms. The molecule has 0 bridgehead atoms. The van der Waals surface area contributed by atoms with Crippen LogP contribution < -0.4 is 5.32 Å². The Morgan fingerprint density at radius 2 is 2.20 bits per heavy atom. The number of para-hydroxylation sites is 1. The van der Waals surface area contributed by atoms with E-state index in [0.29, 0.717) is 17.3 Å². The smallest absolute Gasteiger partial charge is 0.278 e. The van der Waals surface area contributed by atoms with Crippen molar-refractivity contribution in [3.8, 4) is 11.3 Å². The molecule has 1 aliphatic rings. The number of benzene rings is 1. The Morgan fingerprint density at radius 1 is 1.40 bits per heavy atom. The Morgan fingerprint density at radius 3 is 2.95 bits per heavy atom. The monoisotopic (exact) mass is 272 g/mol. The molecule has 6 nitrogen and oxygen atoms in total. The lowest BCUT2D eigenvalue weighted by Crippen LogP contribution is -2.19. The number of rotatable bonds is 6. The van der Waals surface area contributed by atoms with Crippen LogP contribution in [0.3, 0.4) is 0 Å². The molecule has 3 rings (SSSR count). The highest BCUT2D eigenvalue weighted by Gasteiger charge is 2.20. The first-order chi connectivity index (χ1) is 9.74. The van der Waals surface area contributed by atoms with E-state index in [4.69, 9.17) is 0 Å². The summed E-state index contributed by atoms with van der Waals surface area (Å²) in [7, 11) is 0. The minimum atomic E-state index is -0.371. The molecule has 0 amide bonds. The Bertz CT molecular complexity index is 619. The summed E-state index contributed by atoms with van der Waals surface area (Å²) in [5.41, 5.74) is 1.36. The van der Waals surface area contributed by atoms with Crippen LogP contribution in [0.15, 0.2) is 30.5 Å². The van der Waals surface area contributed by atoms with Crippen molar-refractivity contribution in [3.63, 3.8) is 0 Å². The van der Waals surface area contributed by atoms with E-state index < -0.39 is 0 Å². The van der Waals surface area contributed by atoms with Gasteiger partial charge in [-0.3, -0.25) is 10.1 Å². The molecule has 0 unspecified atom stereocenters. The molecule has 2 N–H and O–H groups in total. The van der Waals surface area contributed by atoms with Crippen LogP contribution in [-0.4, -0.2) is 27.5 Å². The number of nitrogens with zero attached hydrogens (tertiary/aromatic N) is 2. The molecule has 0 aliphatic heterocycles. The molecular weight excluding hydrogens is 256 g/mol. The van der Waals surface area contributed by atoms with Crippen molar-refractivity contribution in [2.75, 3.05) is 6.54 Å². The highest BCUT2D eigenvalue weighted by Crippen LogP contribution is 2.27. The van der Waals surface area contributed by atoms with Crippen molar-refractivity contribution < 1.29 is 4.92 Å². The zero-order valence-corrected chi connectivity index (χ0v) is 11.0. The number of nitro benzene ring substituents is 1. The van der Waals surface area contributed by atoms with Crippen LogP contribution in [0.25, 0.3) is 11.3 Å². The van der Waals surface area contributed by atoms with E-state index in [1.807, 2.05) is 0 Å². The van der Waals surface area contributed by atoms with Gasteiger partial charge in [-0.15, -0.1) is 0 Å². The molecule has 2 aromatic rings. The summed E-state index contributed by atoms with van der Waals surface area (Å²) in [6.45, 7) is 0.883. The van der Waals surface area contributed by atoms with E-state index >= 15 is 0 Å². The number of hydrogen-bond acceptors (Lipinski definition) is 4. The van der Waals surface area contributed by atoms with E-state index in [2.05, 4.69) is 15.3 Å². The van der Waals surface area contributed by atoms with Gasteiger partial charge in [0.2, 0.25) is 0 Å². The Hall–Kier alpha value is -2.21. The topological polar surface area (TPSA) is 83.8 Å². The first-order valence-electron chi connectivity index (χ1n) is 6.75. The van der Waals surface area contributed by atoms with E-state index in [1.165, 1.54) is 18.9 Å². The average Bonchev–Trinajstić information content (AvgIpc) is 3.15. The molecule has 104 valence electrons. The first kappa shape index (κ1) is 12.8. The SMILES string of the molecule is O=[N+]([O-])c1ccccc1-c1cnc(CCNC2CC2)[nH]1. The molecule has 0 radical (unpaired) electrons. The second kappa shape index (κ2) is 5.42. The molecule has 0 spiro atoms. The van der Waals surface area contributed by atoms with Crippen LogP contribution in [0.4, 0.5) is 5.69 Å². The van der Waals surface area contributed by atoms with Crippen LogP contribution in [-0.2, 0) is 6.42 Å². The molecule has 0 saturated heterocycles. The van der Waals surface area contributed by atoms with E-state index in [-0.39, 0.29) is 10.6 Å². The molecule has 1 fully saturated rings. The highest BCUT2D eigenvalue weighted by molar-refractivity contribution is 5.70. The van der Waals surface area contributed by atoms with Gasteiger partial charge in [-0.1, -0.05) is 12.1 Å². The van der Waals surface area contributed by atoms with Gasteiger partial charge in [-0.05, 0) is 18.9 Å². The predicted molar refractivity (Wildman–Crippen MR) is 75.4 cm³/mol. The number of hydrogen-bond donors (Lipinski definition) is 2. The summed E-state index contributed by atoms with van der Waals surface area (Å²) in [5, 5.41) is 14.4. The number of imidazole rings is 1. The summed E-state index contributed by atoms with van der Waals surface area (Å²) in [6.07, 6.45) is 4.99. The largest absolute Gasteiger partial charge is 0.342 e. The average molecular weight is 272 g/mol. The van der Waals surface area contributed by atoms with E-state index in [0.717, 1.165) is 18.8 Å². The highest BCUT2D eigenvalue weighted by atomic mass is 16.6. The molecule has 20 heavy (non-hydrogen) atoms. The lowest BCUT2D eigenvalue weighted by molar-refractivity contribution is -0.384. The van der Waals surface area contributed by atoms with Crippen LogP contribution in [0.5, 0.6) is 0 Å². The lowest BCUT2D eigenvalue weighted by atomic mass is 10.1. The van der Waals surface area contributed by atoms with Gasteiger partial charge in [-0.2, -0.15) is 0 Å². The summed E-state index contributed by atoms with van der Waals surface area (Å²) in [4.78, 5) is 18.1. The summed E-state index contributed by atoms with van der Waals surface area (Å²) in [5.74, 6) is 0.853. The predicted octanol–water partition coefficient (Wildman–Crippen LogP) is 2.28. The third kappa shape index (κ3) is 2.85. The number of nitro groups is 1. The van der Waals surface area contributed by atoms with Crippen molar-refractivity contribution in [1.82, 2.24) is 15.3 Å². The number of aromatic nitrogens is 2. The van der Waals surface area contributed by atoms with Crippen LogP contribution in [0.2, 0.25) is 0 Å². The molecular formula is C14H16N4O2. The van der Waals surface area contributed by atoms with Gasteiger partial charge in [0.25, 0.3) is 5.69 Å². The van der Waals surface area contributed by atoms with Crippen molar-refractivity contribution >= 4 is 5.69 Å². The minimum Gasteiger partial charge on any atom is -0.342 e. The molecule has 1 aromatic heterocycles. The molecule has 1 aromatic carbocycles. The van der Waals surface area contributed by atoms with Gasteiger partial charge in [0.05, 0.1) is 22.4 Å². The van der Waals surface area contributed by atoms with Crippen molar-refractivity contribution in [2.24, 2.45) is 0 Å². The Kier molecular flexibility index (Phi) is 3.47. The third-order valence-electron chi connectivity index (χ3n) is 3.39. The Balaban J connectivity index is 1.73. The maximum atomic E-state index is 11.0. The fraction of sp³-hybridized carbons (Fsp3) is 0.357. The maximum absolute atomic E-state index is 11.0. The van der Waals surface area contributed by atoms with Gasteiger partial charge < -0.3 is 10.3 Å². The zero-order valence-electron chi connectivity index (χ0n) is 11.0. The van der Waals surface area contributed by atoms with Crippen molar-refractivity contribution in [1.29, 1.82) is 0 Å². The lowest BCUT2D eigenvalue weighted by Gasteiger charge is -2.01. The maximum Gasteiger partial charge on any atom is 0.278 e. The van der Waals surface area contributed by atoms with Gasteiger partial charge in [-0.25, -0.2) is 4.98 Å². The fourth-order valence-electron chi connectivity index (χ4n) is 2.17. The molecule has 1 heterocycles. The fourth-order valence-corrected chi connectivity index (χ4v) is 2.17. The number of H-pyrrole nitrogens is 1. The number of aromatic amines is 1. The van der Waals surface area contributed by atoms with Gasteiger partial charge in [0.1, 0.15) is 5.82 Å². The van der Waals surface area contributed by atoms with Crippen LogP contribution >= 0.6 is 0 Å².